The van der Waals surface area contributed by atoms with Crippen LogP contribution in [0.25, 0.3) is 0 Å². The number of ether oxygens (including phenoxy) is 2. The summed E-state index contributed by atoms with van der Waals surface area (Å²) in [5.74, 6) is -0.260. The molecule has 0 aromatic heterocycles. The molecule has 1 N–H and O–H groups in total. The number of amides is 1. The molecule has 1 heterocycles. The molecule has 0 spiro atoms. The van der Waals surface area contributed by atoms with Gasteiger partial charge in [-0.3, -0.25) is 9.59 Å². The Hall–Kier alpha value is -1.88. The highest BCUT2D eigenvalue weighted by atomic mass is 16.5. The molecule has 1 aromatic rings. The smallest absolute Gasteiger partial charge is 0.302 e. The fourth-order valence-corrected chi connectivity index (χ4v) is 3.90. The first-order chi connectivity index (χ1) is 13.0. The summed E-state index contributed by atoms with van der Waals surface area (Å²) in [5.41, 5.74) is 1.24. The fraction of sp³-hybridized carbons (Fsp3) is 0.636. The third-order valence-electron chi connectivity index (χ3n) is 4.95. The zero-order valence-electron chi connectivity index (χ0n) is 16.8. The Kier molecular flexibility index (Phi) is 8.79. The molecule has 1 aromatic carbocycles. The number of hydrogen-bond acceptors (Lipinski definition) is 4. The topological polar surface area (TPSA) is 64.6 Å². The van der Waals surface area contributed by atoms with Crippen LogP contribution in [0.3, 0.4) is 0 Å². The first-order valence-corrected chi connectivity index (χ1v) is 10.1. The van der Waals surface area contributed by atoms with Gasteiger partial charge in [-0.05, 0) is 37.7 Å². The molecule has 4 atom stereocenters. The van der Waals surface area contributed by atoms with Gasteiger partial charge in [-0.2, -0.15) is 0 Å². The van der Waals surface area contributed by atoms with Crippen molar-refractivity contribution in [3.05, 3.63) is 35.9 Å². The number of rotatable bonds is 9. The summed E-state index contributed by atoms with van der Waals surface area (Å²) in [4.78, 5) is 23.1. The van der Waals surface area contributed by atoms with Crippen molar-refractivity contribution in [3.63, 3.8) is 0 Å². The summed E-state index contributed by atoms with van der Waals surface area (Å²) in [5, 5.41) is 3.05. The molecule has 1 unspecified atom stereocenters. The Morgan fingerprint density at radius 2 is 1.89 bits per heavy atom. The first-order valence-electron chi connectivity index (χ1n) is 10.1. The lowest BCUT2D eigenvalue weighted by molar-refractivity contribution is -0.150. The highest BCUT2D eigenvalue weighted by Gasteiger charge is 2.31. The molecule has 1 amide bonds. The molecule has 0 saturated carbocycles. The molecular formula is C22H33NO4. The van der Waals surface area contributed by atoms with Crippen LogP contribution in [-0.4, -0.2) is 36.2 Å². The van der Waals surface area contributed by atoms with Crippen molar-refractivity contribution < 1.29 is 19.1 Å². The van der Waals surface area contributed by atoms with Crippen molar-refractivity contribution in [2.45, 2.75) is 90.1 Å². The number of nitrogens with one attached hydrogen (secondary N) is 1. The van der Waals surface area contributed by atoms with Gasteiger partial charge < -0.3 is 14.8 Å². The number of hydrogen-bond donors (Lipinski definition) is 1. The van der Waals surface area contributed by atoms with E-state index >= 15 is 0 Å². The number of aryl methyl sites for hydroxylation is 1. The summed E-state index contributed by atoms with van der Waals surface area (Å²) in [6.45, 7) is 5.15. The Balaban J connectivity index is 1.97. The summed E-state index contributed by atoms with van der Waals surface area (Å²) < 4.78 is 11.8. The second-order valence-corrected chi connectivity index (χ2v) is 7.53. The molecule has 5 nitrogen and oxygen atoms in total. The van der Waals surface area contributed by atoms with E-state index in [-0.39, 0.29) is 36.2 Å². The first kappa shape index (κ1) is 21.4. The Labute approximate surface area is 162 Å². The van der Waals surface area contributed by atoms with Crippen molar-refractivity contribution in [1.29, 1.82) is 0 Å². The number of carbonyl (C=O) groups excluding carboxylic acids is 2. The maximum Gasteiger partial charge on any atom is 0.302 e. The molecule has 1 aliphatic heterocycles. The van der Waals surface area contributed by atoms with Gasteiger partial charge in [0.2, 0.25) is 5.91 Å². The Morgan fingerprint density at radius 1 is 1.19 bits per heavy atom. The van der Waals surface area contributed by atoms with Crippen LogP contribution in [0, 0.1) is 0 Å². The molecule has 1 fully saturated rings. The predicted molar refractivity (Wildman–Crippen MR) is 105 cm³/mol. The van der Waals surface area contributed by atoms with E-state index in [4.69, 9.17) is 9.47 Å². The fourth-order valence-electron chi connectivity index (χ4n) is 3.90. The van der Waals surface area contributed by atoms with E-state index in [0.717, 1.165) is 38.5 Å². The van der Waals surface area contributed by atoms with Gasteiger partial charge in [0, 0.05) is 26.3 Å². The van der Waals surface area contributed by atoms with Gasteiger partial charge in [0.1, 0.15) is 6.10 Å². The van der Waals surface area contributed by atoms with Gasteiger partial charge in [-0.15, -0.1) is 0 Å². The third-order valence-corrected chi connectivity index (χ3v) is 4.95. The second kappa shape index (κ2) is 11.1. The van der Waals surface area contributed by atoms with Crippen LogP contribution in [-0.2, 0) is 25.5 Å². The quantitative estimate of drug-likeness (QED) is 0.667. The van der Waals surface area contributed by atoms with Crippen LogP contribution in [0.2, 0.25) is 0 Å². The molecule has 0 radical (unpaired) electrons. The molecule has 27 heavy (non-hydrogen) atoms. The normalized spacial score (nSPS) is 23.4. The average molecular weight is 376 g/mol. The summed E-state index contributed by atoms with van der Waals surface area (Å²) in [6.07, 6.45) is 5.92. The van der Waals surface area contributed by atoms with Crippen molar-refractivity contribution in [1.82, 2.24) is 5.32 Å². The van der Waals surface area contributed by atoms with Gasteiger partial charge in [0.05, 0.1) is 12.2 Å². The largest absolute Gasteiger partial charge is 0.462 e. The van der Waals surface area contributed by atoms with Crippen LogP contribution in [0.5, 0.6) is 0 Å². The number of esters is 1. The van der Waals surface area contributed by atoms with Crippen LogP contribution in [0.1, 0.15) is 64.9 Å². The summed E-state index contributed by atoms with van der Waals surface area (Å²) in [7, 11) is 0. The molecule has 0 bridgehead atoms. The maximum atomic E-state index is 11.6. The zero-order chi connectivity index (χ0) is 19.6. The molecule has 150 valence electrons. The van der Waals surface area contributed by atoms with Gasteiger partial charge >= 0.3 is 5.97 Å². The van der Waals surface area contributed by atoms with Gasteiger partial charge in [0.25, 0.3) is 0 Å². The van der Waals surface area contributed by atoms with E-state index < -0.39 is 0 Å². The van der Waals surface area contributed by atoms with Crippen molar-refractivity contribution in [2.24, 2.45) is 0 Å². The zero-order valence-corrected chi connectivity index (χ0v) is 16.8. The minimum atomic E-state index is -0.257. The number of carbonyl (C=O) groups is 2. The third kappa shape index (κ3) is 8.12. The lowest BCUT2D eigenvalue weighted by Crippen LogP contribution is -2.45. The molecule has 5 heteroatoms. The second-order valence-electron chi connectivity index (χ2n) is 7.53. The van der Waals surface area contributed by atoms with E-state index in [1.165, 1.54) is 12.5 Å². The Bertz CT molecular complexity index is 589. The van der Waals surface area contributed by atoms with Gasteiger partial charge in [0.15, 0.2) is 0 Å². The lowest BCUT2D eigenvalue weighted by atomic mass is 9.92. The SMILES string of the molecule is CCC[C@H]1CC(NC(C)=O)C[C@@H](C[C@H](CCc2ccccc2)OC(C)=O)O1. The minimum Gasteiger partial charge on any atom is -0.462 e. The van der Waals surface area contributed by atoms with Crippen LogP contribution < -0.4 is 5.32 Å². The average Bonchev–Trinajstić information content (AvgIpc) is 2.59. The molecule has 2 rings (SSSR count). The minimum absolute atomic E-state index is 0.00323. The van der Waals surface area contributed by atoms with E-state index in [1.54, 1.807) is 6.92 Å². The van der Waals surface area contributed by atoms with Gasteiger partial charge in [-0.25, -0.2) is 0 Å². The van der Waals surface area contributed by atoms with E-state index in [2.05, 4.69) is 24.4 Å². The van der Waals surface area contributed by atoms with Crippen LogP contribution in [0.4, 0.5) is 0 Å². The molecular weight excluding hydrogens is 342 g/mol. The summed E-state index contributed by atoms with van der Waals surface area (Å²) >= 11 is 0. The molecule has 1 saturated heterocycles. The standard InChI is InChI=1S/C22H33NO4/c1-4-8-20-13-19(23-16(2)24)14-22(27-20)15-21(26-17(3)25)12-11-18-9-6-5-7-10-18/h5-7,9-10,19-22H,4,8,11-15H2,1-3H3,(H,23,24)/t19?,20-,21-,22-/m0/s1. The van der Waals surface area contributed by atoms with Crippen molar-refractivity contribution >= 4 is 11.9 Å². The van der Waals surface area contributed by atoms with Crippen molar-refractivity contribution in [3.8, 4) is 0 Å². The Morgan fingerprint density at radius 3 is 2.52 bits per heavy atom. The lowest BCUT2D eigenvalue weighted by Gasteiger charge is -2.37. The maximum absolute atomic E-state index is 11.6. The highest BCUT2D eigenvalue weighted by molar-refractivity contribution is 5.73. The van der Waals surface area contributed by atoms with Crippen LogP contribution in [0.15, 0.2) is 30.3 Å². The number of benzene rings is 1. The van der Waals surface area contributed by atoms with E-state index in [1.807, 2.05) is 18.2 Å². The van der Waals surface area contributed by atoms with Gasteiger partial charge in [-0.1, -0.05) is 43.7 Å². The van der Waals surface area contributed by atoms with Crippen LogP contribution >= 0.6 is 0 Å². The van der Waals surface area contributed by atoms with E-state index in [0.29, 0.717) is 6.42 Å². The predicted octanol–water partition coefficient (Wildman–Crippen LogP) is 3.79. The van der Waals surface area contributed by atoms with E-state index in [9.17, 15) is 9.59 Å². The highest BCUT2D eigenvalue weighted by Crippen LogP contribution is 2.27. The monoisotopic (exact) mass is 375 g/mol. The molecule has 0 aliphatic carbocycles. The molecule has 1 aliphatic rings. The van der Waals surface area contributed by atoms with Crippen molar-refractivity contribution in [2.75, 3.05) is 0 Å². The summed E-state index contributed by atoms with van der Waals surface area (Å²) in [6, 6.07) is 10.4.